The van der Waals surface area contributed by atoms with Crippen molar-refractivity contribution < 1.29 is 46.5 Å². The molecule has 2 aromatic heterocycles. The number of aliphatic hydroxyl groups is 2. The Kier molecular flexibility index (Phi) is 9.69. The van der Waals surface area contributed by atoms with E-state index in [0.29, 0.717) is 28.3 Å². The fraction of sp³-hybridized carbons (Fsp3) is 0.355. The molecule has 15 heteroatoms. The van der Waals surface area contributed by atoms with E-state index < -0.39 is 67.7 Å². The van der Waals surface area contributed by atoms with Gasteiger partial charge in [-0.2, -0.15) is 0 Å². The first-order chi connectivity index (χ1) is 23.3. The maximum Gasteiger partial charge on any atom is 0.194 e. The standard InChI is InChI=1S/C31H31ClF3N5O6/c1-17(38-45-16-19-4-3-9-36-12-19)29(44-15-18-5-7-21(32)8-6-18)31-30(43-2)27(28(42)25(14-41)46-31)40-13-24(37-39-40)20-10-22(33)26(35)23(34)11-20/h3-13,25,27-31,41-42H,14-16H2,1-2H3/b38-17+/t25?,27-,28-,29+,30?,31-/m0/s1/i2D3. The van der Waals surface area contributed by atoms with Crippen molar-refractivity contribution in [1.29, 1.82) is 0 Å². The summed E-state index contributed by atoms with van der Waals surface area (Å²) in [6.07, 6.45) is -2.86. The van der Waals surface area contributed by atoms with E-state index in [-0.39, 0.29) is 30.2 Å². The molecule has 1 fully saturated rings. The van der Waals surface area contributed by atoms with E-state index in [1.807, 2.05) is 0 Å². The van der Waals surface area contributed by atoms with Gasteiger partial charge >= 0.3 is 0 Å². The quantitative estimate of drug-likeness (QED) is 0.129. The van der Waals surface area contributed by atoms with Crippen molar-refractivity contribution >= 4 is 17.3 Å². The summed E-state index contributed by atoms with van der Waals surface area (Å²) in [5.74, 6) is -4.62. The minimum absolute atomic E-state index is 0.0305. The lowest BCUT2D eigenvalue weighted by Crippen LogP contribution is -2.61. The number of benzene rings is 2. The van der Waals surface area contributed by atoms with Gasteiger partial charge in [-0.25, -0.2) is 17.9 Å². The third-order valence-corrected chi connectivity index (χ3v) is 7.60. The topological polar surface area (TPSA) is 133 Å². The first kappa shape index (κ1) is 29.5. The van der Waals surface area contributed by atoms with Crippen LogP contribution in [0, 0.1) is 17.5 Å². The third kappa shape index (κ3) is 7.54. The van der Waals surface area contributed by atoms with Gasteiger partial charge in [-0.3, -0.25) is 4.98 Å². The van der Waals surface area contributed by atoms with Crippen molar-refractivity contribution in [3.8, 4) is 11.3 Å². The van der Waals surface area contributed by atoms with E-state index in [1.54, 1.807) is 55.7 Å². The molecule has 244 valence electrons. The highest BCUT2D eigenvalue weighted by atomic mass is 35.5. The van der Waals surface area contributed by atoms with Crippen LogP contribution in [0.3, 0.4) is 0 Å². The van der Waals surface area contributed by atoms with Crippen molar-refractivity contribution in [2.75, 3.05) is 13.6 Å². The van der Waals surface area contributed by atoms with Crippen molar-refractivity contribution in [2.24, 2.45) is 5.16 Å². The number of aromatic nitrogens is 4. The highest BCUT2D eigenvalue weighted by Crippen LogP contribution is 2.35. The van der Waals surface area contributed by atoms with Crippen LogP contribution in [0.5, 0.6) is 0 Å². The second kappa shape index (κ2) is 15.1. The number of pyridine rings is 1. The summed E-state index contributed by atoms with van der Waals surface area (Å²) in [6, 6.07) is 10.2. The molecule has 0 aliphatic carbocycles. The predicted octanol–water partition coefficient (Wildman–Crippen LogP) is 4.27. The van der Waals surface area contributed by atoms with Gasteiger partial charge in [-0.05, 0) is 42.8 Å². The molecule has 5 rings (SSSR count). The number of methoxy groups -OCH3 is 1. The zero-order valence-corrected chi connectivity index (χ0v) is 25.0. The second-order valence-corrected chi connectivity index (χ2v) is 10.9. The molecule has 0 saturated carbocycles. The lowest BCUT2D eigenvalue weighted by Gasteiger charge is -2.45. The van der Waals surface area contributed by atoms with E-state index in [0.717, 1.165) is 10.9 Å². The van der Waals surface area contributed by atoms with Crippen LogP contribution < -0.4 is 0 Å². The van der Waals surface area contributed by atoms with E-state index >= 15 is 0 Å². The molecule has 46 heavy (non-hydrogen) atoms. The van der Waals surface area contributed by atoms with Gasteiger partial charge in [0.2, 0.25) is 0 Å². The minimum atomic E-state index is -3.06. The maximum atomic E-state index is 14.0. The Morgan fingerprint density at radius 3 is 2.59 bits per heavy atom. The summed E-state index contributed by atoms with van der Waals surface area (Å²) in [5.41, 5.74) is 1.23. The molecule has 1 aliphatic rings. The van der Waals surface area contributed by atoms with Gasteiger partial charge in [0, 0.05) is 35.6 Å². The smallest absolute Gasteiger partial charge is 0.194 e. The first-order valence-electron chi connectivity index (χ1n) is 15.4. The van der Waals surface area contributed by atoms with Crippen LogP contribution in [0.25, 0.3) is 11.3 Å². The molecule has 6 atom stereocenters. The third-order valence-electron chi connectivity index (χ3n) is 7.35. The summed E-state index contributed by atoms with van der Waals surface area (Å²) in [6.45, 7) is 0.791. The Morgan fingerprint density at radius 1 is 1.15 bits per heavy atom. The Morgan fingerprint density at radius 2 is 1.91 bits per heavy atom. The summed E-state index contributed by atoms with van der Waals surface area (Å²) >= 11 is 6.03. The fourth-order valence-corrected chi connectivity index (χ4v) is 5.15. The van der Waals surface area contributed by atoms with Crippen LogP contribution in [-0.4, -0.2) is 80.1 Å². The Bertz CT molecular complexity index is 1720. The number of hydrogen-bond acceptors (Lipinski definition) is 10. The van der Waals surface area contributed by atoms with Crippen molar-refractivity contribution in [3.63, 3.8) is 0 Å². The summed E-state index contributed by atoms with van der Waals surface area (Å²) in [4.78, 5) is 9.58. The molecule has 2 unspecified atom stereocenters. The van der Waals surface area contributed by atoms with Crippen LogP contribution >= 0.6 is 11.6 Å². The summed E-state index contributed by atoms with van der Waals surface area (Å²) < 4.78 is 84.4. The van der Waals surface area contributed by atoms with Gasteiger partial charge < -0.3 is 29.3 Å². The maximum absolute atomic E-state index is 14.0. The summed E-state index contributed by atoms with van der Waals surface area (Å²) in [7, 11) is -3.06. The molecular weight excluding hydrogens is 631 g/mol. The molecule has 0 bridgehead atoms. The van der Waals surface area contributed by atoms with Crippen LogP contribution in [0.4, 0.5) is 13.2 Å². The Labute approximate surface area is 271 Å². The molecule has 1 saturated heterocycles. The molecule has 1 aliphatic heterocycles. The zero-order valence-electron chi connectivity index (χ0n) is 27.2. The van der Waals surface area contributed by atoms with Crippen molar-refractivity contribution in [1.82, 2.24) is 20.0 Å². The average molecular weight is 665 g/mol. The molecule has 0 radical (unpaired) electrons. The van der Waals surface area contributed by atoms with Gasteiger partial charge in [0.15, 0.2) is 17.5 Å². The Hall–Kier alpha value is -3.92. The molecule has 2 aromatic carbocycles. The van der Waals surface area contributed by atoms with Crippen LogP contribution in [0.15, 0.2) is 72.3 Å². The SMILES string of the molecule is [2H]C([2H])([2H])OC1[C@H]([C@H](OCc2ccc(Cl)cc2)/C(C)=N/OCc2cccnc2)OC(CO)[C@H](O)[C@@H]1n1cc(-c2cc(F)c(F)c(F)c2)nn1. The molecule has 4 aromatic rings. The van der Waals surface area contributed by atoms with E-state index in [2.05, 4.69) is 20.5 Å². The van der Waals surface area contributed by atoms with Gasteiger partial charge in [0.1, 0.15) is 48.9 Å². The van der Waals surface area contributed by atoms with Gasteiger partial charge in [-0.1, -0.05) is 40.2 Å². The van der Waals surface area contributed by atoms with Crippen LogP contribution in [-0.2, 0) is 32.3 Å². The van der Waals surface area contributed by atoms with E-state index in [4.69, 9.17) is 34.8 Å². The molecule has 0 spiro atoms. The monoisotopic (exact) mass is 664 g/mol. The van der Waals surface area contributed by atoms with E-state index in [9.17, 15) is 23.4 Å². The molecule has 11 nitrogen and oxygen atoms in total. The zero-order chi connectivity index (χ0) is 35.3. The normalized spacial score (nSPS) is 23.8. The summed E-state index contributed by atoms with van der Waals surface area (Å²) in [5, 5.41) is 34.2. The van der Waals surface area contributed by atoms with Crippen molar-refractivity contribution in [3.05, 3.63) is 101 Å². The first-order valence-corrected chi connectivity index (χ1v) is 14.3. The van der Waals surface area contributed by atoms with Gasteiger partial charge in [0.25, 0.3) is 0 Å². The Balaban J connectivity index is 1.54. The fourth-order valence-electron chi connectivity index (χ4n) is 5.03. The number of rotatable bonds is 12. The number of oxime groups is 1. The number of halogens is 4. The predicted molar refractivity (Wildman–Crippen MR) is 159 cm³/mol. The molecular formula is C31H31ClF3N5O6. The van der Waals surface area contributed by atoms with Crippen molar-refractivity contribution in [2.45, 2.75) is 56.7 Å². The minimum Gasteiger partial charge on any atom is -0.394 e. The second-order valence-electron chi connectivity index (χ2n) is 10.4. The lowest BCUT2D eigenvalue weighted by atomic mass is 9.88. The molecule has 2 N–H and O–H groups in total. The highest BCUT2D eigenvalue weighted by Gasteiger charge is 2.50. The van der Waals surface area contributed by atoms with Crippen LogP contribution in [0.2, 0.25) is 5.02 Å². The van der Waals surface area contributed by atoms with E-state index in [1.165, 1.54) is 0 Å². The highest BCUT2D eigenvalue weighted by molar-refractivity contribution is 6.30. The number of aliphatic hydroxyl groups excluding tert-OH is 2. The molecule has 3 heterocycles. The largest absolute Gasteiger partial charge is 0.394 e. The van der Waals surface area contributed by atoms with Crippen LogP contribution in [0.1, 0.15) is 28.2 Å². The average Bonchev–Trinajstić information content (AvgIpc) is 3.55. The van der Waals surface area contributed by atoms with Gasteiger partial charge in [-0.15, -0.1) is 5.10 Å². The van der Waals surface area contributed by atoms with Gasteiger partial charge in [0.05, 0.1) is 29.2 Å². The number of nitrogens with zero attached hydrogens (tertiary/aromatic N) is 5. The number of hydrogen-bond donors (Lipinski definition) is 2. The molecule has 0 amide bonds. The lowest BCUT2D eigenvalue weighted by molar-refractivity contribution is -0.233. The number of ether oxygens (including phenoxy) is 3.